The molecule has 1 aliphatic rings. The highest BCUT2D eigenvalue weighted by molar-refractivity contribution is 5.76. The van der Waals surface area contributed by atoms with Crippen molar-refractivity contribution in [3.05, 3.63) is 0 Å². The third kappa shape index (κ3) is 4.07. The number of amides is 1. The number of likely N-dealkylation sites (tertiary alicyclic amines) is 1. The first-order valence-corrected chi connectivity index (χ1v) is 4.97. The van der Waals surface area contributed by atoms with Crippen molar-refractivity contribution in [2.75, 3.05) is 19.6 Å². The highest BCUT2D eigenvalue weighted by Gasteiger charge is 2.31. The molecule has 1 aliphatic heterocycles. The number of hydrogen-bond acceptors (Lipinski definition) is 2. The fraction of sp³-hybridized carbons (Fsp3) is 0.889. The number of halogens is 3. The second-order valence-electron chi connectivity index (χ2n) is 3.85. The highest BCUT2D eigenvalue weighted by Crippen LogP contribution is 2.23. The number of rotatable bonds is 3. The fourth-order valence-electron chi connectivity index (χ4n) is 1.66. The molecule has 0 aliphatic carbocycles. The van der Waals surface area contributed by atoms with Crippen LogP contribution in [0.15, 0.2) is 0 Å². The summed E-state index contributed by atoms with van der Waals surface area (Å²) in [7, 11) is 0. The van der Waals surface area contributed by atoms with Crippen molar-refractivity contribution in [2.45, 2.75) is 25.4 Å². The summed E-state index contributed by atoms with van der Waals surface area (Å²) >= 11 is 0. The molecule has 1 heterocycles. The van der Waals surface area contributed by atoms with Crippen LogP contribution < -0.4 is 5.73 Å². The normalized spacial score (nSPS) is 22.1. The summed E-state index contributed by atoms with van der Waals surface area (Å²) in [4.78, 5) is 12.8. The van der Waals surface area contributed by atoms with Gasteiger partial charge in [-0.15, -0.1) is 0 Å². The van der Waals surface area contributed by atoms with Crippen molar-refractivity contribution in [1.82, 2.24) is 4.90 Å². The molecule has 0 aromatic rings. The third-order valence-electron chi connectivity index (χ3n) is 2.59. The Morgan fingerprint density at radius 2 is 2.13 bits per heavy atom. The molecule has 1 unspecified atom stereocenters. The van der Waals surface area contributed by atoms with Crippen LogP contribution in [0.1, 0.15) is 19.3 Å². The summed E-state index contributed by atoms with van der Waals surface area (Å²) < 4.78 is 35.6. The first kappa shape index (κ1) is 12.3. The van der Waals surface area contributed by atoms with E-state index in [1.807, 2.05) is 0 Å². The zero-order valence-electron chi connectivity index (χ0n) is 8.39. The molecule has 1 amide bonds. The molecular weight excluding hydrogens is 209 g/mol. The molecule has 0 radical (unpaired) electrons. The predicted octanol–water partition coefficient (Wildman–Crippen LogP) is 1.14. The van der Waals surface area contributed by atoms with Gasteiger partial charge in [0.25, 0.3) is 0 Å². The summed E-state index contributed by atoms with van der Waals surface area (Å²) in [6.07, 6.45) is -4.92. The molecule has 0 saturated carbocycles. The van der Waals surface area contributed by atoms with E-state index in [-0.39, 0.29) is 5.92 Å². The number of alkyl halides is 3. The van der Waals surface area contributed by atoms with E-state index in [4.69, 9.17) is 5.73 Å². The van der Waals surface area contributed by atoms with Crippen molar-refractivity contribution in [3.8, 4) is 0 Å². The van der Waals surface area contributed by atoms with Crippen LogP contribution in [0, 0.1) is 5.92 Å². The monoisotopic (exact) mass is 224 g/mol. The van der Waals surface area contributed by atoms with Crippen LogP contribution in [0.5, 0.6) is 0 Å². The Hall–Kier alpha value is -0.780. The Morgan fingerprint density at radius 3 is 2.60 bits per heavy atom. The Labute approximate surface area is 86.4 Å². The molecule has 0 aromatic carbocycles. The SMILES string of the molecule is NCC1CCN(C(=O)CCC(F)(F)F)C1. The Kier molecular flexibility index (Phi) is 3.96. The predicted molar refractivity (Wildman–Crippen MR) is 49.0 cm³/mol. The lowest BCUT2D eigenvalue weighted by Crippen LogP contribution is -2.30. The highest BCUT2D eigenvalue weighted by atomic mass is 19.4. The van der Waals surface area contributed by atoms with E-state index in [1.54, 1.807) is 0 Å². The van der Waals surface area contributed by atoms with Gasteiger partial charge in [-0.25, -0.2) is 0 Å². The largest absolute Gasteiger partial charge is 0.389 e. The summed E-state index contributed by atoms with van der Waals surface area (Å²) in [5, 5.41) is 0. The molecule has 88 valence electrons. The van der Waals surface area contributed by atoms with Gasteiger partial charge < -0.3 is 10.6 Å². The number of nitrogens with two attached hydrogens (primary N) is 1. The summed E-state index contributed by atoms with van der Waals surface area (Å²) in [5.41, 5.74) is 5.42. The van der Waals surface area contributed by atoms with Gasteiger partial charge in [0.1, 0.15) is 0 Å². The van der Waals surface area contributed by atoms with Crippen molar-refractivity contribution < 1.29 is 18.0 Å². The zero-order valence-corrected chi connectivity index (χ0v) is 8.39. The average molecular weight is 224 g/mol. The van der Waals surface area contributed by atoms with Gasteiger partial charge in [-0.2, -0.15) is 13.2 Å². The Balaban J connectivity index is 2.30. The molecule has 15 heavy (non-hydrogen) atoms. The molecule has 6 heteroatoms. The summed E-state index contributed by atoms with van der Waals surface area (Å²) in [6, 6.07) is 0. The van der Waals surface area contributed by atoms with Gasteiger partial charge in [-0.3, -0.25) is 4.79 Å². The van der Waals surface area contributed by atoms with Gasteiger partial charge in [0, 0.05) is 19.5 Å². The molecule has 1 fully saturated rings. The molecule has 1 saturated heterocycles. The standard InChI is InChI=1S/C9H15F3N2O/c10-9(11,12)3-1-8(15)14-4-2-7(5-13)6-14/h7H,1-6,13H2. The minimum atomic E-state index is -4.25. The lowest BCUT2D eigenvalue weighted by Gasteiger charge is -2.16. The first-order valence-electron chi connectivity index (χ1n) is 4.97. The van der Waals surface area contributed by atoms with E-state index in [1.165, 1.54) is 4.90 Å². The van der Waals surface area contributed by atoms with E-state index in [2.05, 4.69) is 0 Å². The smallest absolute Gasteiger partial charge is 0.342 e. The maximum atomic E-state index is 11.9. The van der Waals surface area contributed by atoms with Crippen LogP contribution in [0.3, 0.4) is 0 Å². The third-order valence-corrected chi connectivity index (χ3v) is 2.59. The van der Waals surface area contributed by atoms with E-state index < -0.39 is 24.9 Å². The van der Waals surface area contributed by atoms with Gasteiger partial charge in [0.05, 0.1) is 6.42 Å². The van der Waals surface area contributed by atoms with Gasteiger partial charge in [0.2, 0.25) is 5.91 Å². The van der Waals surface area contributed by atoms with Crippen LogP contribution in [-0.4, -0.2) is 36.6 Å². The zero-order chi connectivity index (χ0) is 11.5. The maximum Gasteiger partial charge on any atom is 0.389 e. The maximum absolute atomic E-state index is 11.9. The Bertz CT molecular complexity index is 230. The van der Waals surface area contributed by atoms with Crippen LogP contribution in [0.25, 0.3) is 0 Å². The molecule has 2 N–H and O–H groups in total. The quantitative estimate of drug-likeness (QED) is 0.781. The molecule has 0 aromatic heterocycles. The van der Waals surface area contributed by atoms with Gasteiger partial charge >= 0.3 is 6.18 Å². The number of hydrogen-bond donors (Lipinski definition) is 1. The molecule has 1 atom stereocenters. The van der Waals surface area contributed by atoms with Crippen molar-refractivity contribution in [2.24, 2.45) is 11.7 Å². The molecule has 0 spiro atoms. The van der Waals surface area contributed by atoms with Crippen molar-refractivity contribution >= 4 is 5.91 Å². The van der Waals surface area contributed by atoms with E-state index in [0.29, 0.717) is 19.6 Å². The molecule has 0 bridgehead atoms. The second kappa shape index (κ2) is 4.83. The van der Waals surface area contributed by atoms with E-state index in [0.717, 1.165) is 6.42 Å². The second-order valence-corrected chi connectivity index (χ2v) is 3.85. The number of nitrogens with zero attached hydrogens (tertiary/aromatic N) is 1. The van der Waals surface area contributed by atoms with Gasteiger partial charge in [0.15, 0.2) is 0 Å². The Morgan fingerprint density at radius 1 is 1.47 bits per heavy atom. The summed E-state index contributed by atoms with van der Waals surface area (Å²) in [5.74, 6) is -0.164. The molecule has 3 nitrogen and oxygen atoms in total. The lowest BCUT2D eigenvalue weighted by molar-refractivity contribution is -0.148. The average Bonchev–Trinajstić information content (AvgIpc) is 2.61. The van der Waals surface area contributed by atoms with Crippen LogP contribution in [0.4, 0.5) is 13.2 Å². The van der Waals surface area contributed by atoms with Crippen LogP contribution in [-0.2, 0) is 4.79 Å². The van der Waals surface area contributed by atoms with Gasteiger partial charge in [-0.05, 0) is 18.9 Å². The minimum absolute atomic E-state index is 0.250. The van der Waals surface area contributed by atoms with Gasteiger partial charge in [-0.1, -0.05) is 0 Å². The first-order chi connectivity index (χ1) is 6.92. The summed E-state index contributed by atoms with van der Waals surface area (Å²) in [6.45, 7) is 1.54. The van der Waals surface area contributed by atoms with E-state index >= 15 is 0 Å². The van der Waals surface area contributed by atoms with Crippen molar-refractivity contribution in [3.63, 3.8) is 0 Å². The molecule has 1 rings (SSSR count). The number of carbonyl (C=O) groups excluding carboxylic acids is 1. The topological polar surface area (TPSA) is 46.3 Å². The van der Waals surface area contributed by atoms with Crippen LogP contribution >= 0.6 is 0 Å². The fourth-order valence-corrected chi connectivity index (χ4v) is 1.66. The van der Waals surface area contributed by atoms with E-state index in [9.17, 15) is 18.0 Å². The molecular formula is C9H15F3N2O. The minimum Gasteiger partial charge on any atom is -0.342 e. The lowest BCUT2D eigenvalue weighted by atomic mass is 10.1. The number of carbonyl (C=O) groups is 1. The van der Waals surface area contributed by atoms with Crippen LogP contribution in [0.2, 0.25) is 0 Å². The van der Waals surface area contributed by atoms with Crippen molar-refractivity contribution in [1.29, 1.82) is 0 Å².